The quantitative estimate of drug-likeness (QED) is 0.795. The number of hydrogen-bond acceptors (Lipinski definition) is 3. The number of amides is 2. The van der Waals surface area contributed by atoms with E-state index in [9.17, 15) is 4.79 Å². The van der Waals surface area contributed by atoms with Crippen LogP contribution in [0.2, 0.25) is 0 Å². The first kappa shape index (κ1) is 19.2. The van der Waals surface area contributed by atoms with Crippen LogP contribution < -0.4 is 5.32 Å². The Hall–Kier alpha value is -1.59. The summed E-state index contributed by atoms with van der Waals surface area (Å²) >= 11 is 0. The van der Waals surface area contributed by atoms with Gasteiger partial charge < -0.3 is 15.1 Å². The molecule has 1 aromatic carbocycles. The Morgan fingerprint density at radius 1 is 1.00 bits per heavy atom. The molecular formula is C21H34N4O. The SMILES string of the molecule is CC1CCN(C(=O)NCCCN2CCN(Cc3ccccc3)CC2)CC1. The van der Waals surface area contributed by atoms with Crippen LogP contribution in [-0.4, -0.2) is 73.1 Å². The Bertz CT molecular complexity index is 534. The number of piperazine rings is 1. The molecule has 3 rings (SSSR count). The van der Waals surface area contributed by atoms with Crippen LogP contribution in [-0.2, 0) is 6.54 Å². The Labute approximate surface area is 158 Å². The van der Waals surface area contributed by atoms with Gasteiger partial charge in [-0.2, -0.15) is 0 Å². The van der Waals surface area contributed by atoms with Crippen molar-refractivity contribution in [2.75, 3.05) is 52.4 Å². The molecule has 0 bridgehead atoms. The van der Waals surface area contributed by atoms with E-state index in [0.29, 0.717) is 0 Å². The Balaban J connectivity index is 1.25. The molecule has 0 atom stereocenters. The summed E-state index contributed by atoms with van der Waals surface area (Å²) in [6.07, 6.45) is 3.32. The van der Waals surface area contributed by atoms with Crippen molar-refractivity contribution in [1.82, 2.24) is 20.0 Å². The van der Waals surface area contributed by atoms with Crippen LogP contribution in [0.25, 0.3) is 0 Å². The lowest BCUT2D eigenvalue weighted by Crippen LogP contribution is -2.47. The van der Waals surface area contributed by atoms with Gasteiger partial charge in [-0.3, -0.25) is 4.90 Å². The molecule has 1 N–H and O–H groups in total. The molecular weight excluding hydrogens is 324 g/mol. The van der Waals surface area contributed by atoms with Crippen LogP contribution in [0.3, 0.4) is 0 Å². The smallest absolute Gasteiger partial charge is 0.317 e. The highest BCUT2D eigenvalue weighted by molar-refractivity contribution is 5.74. The number of carbonyl (C=O) groups is 1. The molecule has 0 aliphatic carbocycles. The average molecular weight is 359 g/mol. The van der Waals surface area contributed by atoms with Crippen molar-refractivity contribution in [2.45, 2.75) is 32.7 Å². The van der Waals surface area contributed by atoms with Gasteiger partial charge in [0, 0.05) is 52.4 Å². The summed E-state index contributed by atoms with van der Waals surface area (Å²) in [5.74, 6) is 0.764. The molecule has 0 unspecified atom stereocenters. The monoisotopic (exact) mass is 358 g/mol. The third-order valence-corrected chi connectivity index (χ3v) is 5.71. The number of nitrogens with zero attached hydrogens (tertiary/aromatic N) is 3. The number of urea groups is 1. The number of rotatable bonds is 6. The highest BCUT2D eigenvalue weighted by Gasteiger charge is 2.20. The molecule has 2 heterocycles. The van der Waals surface area contributed by atoms with E-state index >= 15 is 0 Å². The van der Waals surface area contributed by atoms with Crippen LogP contribution in [0, 0.1) is 5.92 Å². The Morgan fingerprint density at radius 3 is 2.35 bits per heavy atom. The van der Waals surface area contributed by atoms with Gasteiger partial charge in [0.1, 0.15) is 0 Å². The molecule has 0 saturated carbocycles. The largest absolute Gasteiger partial charge is 0.338 e. The number of piperidine rings is 1. The molecule has 0 radical (unpaired) electrons. The summed E-state index contributed by atoms with van der Waals surface area (Å²) in [5, 5.41) is 3.10. The molecule has 5 heteroatoms. The third-order valence-electron chi connectivity index (χ3n) is 5.71. The van der Waals surface area contributed by atoms with Crippen LogP contribution in [0.1, 0.15) is 31.7 Å². The first-order valence-electron chi connectivity index (χ1n) is 10.2. The second-order valence-corrected chi connectivity index (χ2v) is 7.86. The van der Waals surface area contributed by atoms with Gasteiger partial charge in [0.05, 0.1) is 0 Å². The summed E-state index contributed by atoms with van der Waals surface area (Å²) < 4.78 is 0. The van der Waals surface area contributed by atoms with E-state index in [-0.39, 0.29) is 6.03 Å². The number of likely N-dealkylation sites (tertiary alicyclic amines) is 1. The van der Waals surface area contributed by atoms with Gasteiger partial charge >= 0.3 is 6.03 Å². The van der Waals surface area contributed by atoms with Gasteiger partial charge in [-0.25, -0.2) is 4.79 Å². The van der Waals surface area contributed by atoms with Crippen molar-refractivity contribution in [2.24, 2.45) is 5.92 Å². The fraction of sp³-hybridized carbons (Fsp3) is 0.667. The molecule has 26 heavy (non-hydrogen) atoms. The van der Waals surface area contributed by atoms with Crippen LogP contribution >= 0.6 is 0 Å². The molecule has 2 saturated heterocycles. The second-order valence-electron chi connectivity index (χ2n) is 7.86. The van der Waals surface area contributed by atoms with Crippen molar-refractivity contribution < 1.29 is 4.79 Å². The van der Waals surface area contributed by atoms with E-state index in [0.717, 1.165) is 84.1 Å². The van der Waals surface area contributed by atoms with E-state index < -0.39 is 0 Å². The standard InChI is InChI=1S/C21H34N4O/c1-19-8-12-25(13-9-19)21(26)22-10-5-11-23-14-16-24(17-15-23)18-20-6-3-2-4-7-20/h2-4,6-7,19H,5,8-18H2,1H3,(H,22,26). The molecule has 2 aliphatic heterocycles. The van der Waals surface area contributed by atoms with Crippen LogP contribution in [0.15, 0.2) is 30.3 Å². The van der Waals surface area contributed by atoms with Crippen molar-refractivity contribution in [3.8, 4) is 0 Å². The third kappa shape index (κ3) is 5.99. The summed E-state index contributed by atoms with van der Waals surface area (Å²) in [6.45, 7) is 11.5. The lowest BCUT2D eigenvalue weighted by molar-refractivity contribution is 0.126. The van der Waals surface area contributed by atoms with Crippen LogP contribution in [0.4, 0.5) is 4.79 Å². The van der Waals surface area contributed by atoms with E-state index in [2.05, 4.69) is 52.4 Å². The summed E-state index contributed by atoms with van der Waals surface area (Å²) in [5.41, 5.74) is 1.40. The molecule has 2 aliphatic rings. The summed E-state index contributed by atoms with van der Waals surface area (Å²) in [6, 6.07) is 10.8. The Kier molecular flexibility index (Phi) is 7.32. The van der Waals surface area contributed by atoms with E-state index in [1.54, 1.807) is 0 Å². The lowest BCUT2D eigenvalue weighted by atomic mass is 10.00. The lowest BCUT2D eigenvalue weighted by Gasteiger charge is -2.35. The predicted octanol–water partition coefficient (Wildman–Crippen LogP) is 2.64. The average Bonchev–Trinajstić information content (AvgIpc) is 2.68. The first-order chi connectivity index (χ1) is 12.7. The second kappa shape index (κ2) is 9.93. The number of carbonyl (C=O) groups excluding carboxylic acids is 1. The summed E-state index contributed by atoms with van der Waals surface area (Å²) in [7, 11) is 0. The highest BCUT2D eigenvalue weighted by atomic mass is 16.2. The fourth-order valence-corrected chi connectivity index (χ4v) is 3.83. The minimum atomic E-state index is 0.129. The highest BCUT2D eigenvalue weighted by Crippen LogP contribution is 2.15. The number of hydrogen-bond donors (Lipinski definition) is 1. The first-order valence-corrected chi connectivity index (χ1v) is 10.2. The molecule has 5 nitrogen and oxygen atoms in total. The van der Waals surface area contributed by atoms with Gasteiger partial charge in [-0.05, 0) is 37.3 Å². The minimum Gasteiger partial charge on any atom is -0.338 e. The van der Waals surface area contributed by atoms with Gasteiger partial charge in [-0.15, -0.1) is 0 Å². The zero-order chi connectivity index (χ0) is 18.2. The van der Waals surface area contributed by atoms with Gasteiger partial charge in [-0.1, -0.05) is 37.3 Å². The Morgan fingerprint density at radius 2 is 1.65 bits per heavy atom. The van der Waals surface area contributed by atoms with Crippen molar-refractivity contribution >= 4 is 6.03 Å². The molecule has 144 valence electrons. The zero-order valence-corrected chi connectivity index (χ0v) is 16.2. The summed E-state index contributed by atoms with van der Waals surface area (Å²) in [4.78, 5) is 19.2. The fourth-order valence-electron chi connectivity index (χ4n) is 3.83. The number of nitrogens with one attached hydrogen (secondary N) is 1. The van der Waals surface area contributed by atoms with Gasteiger partial charge in [0.2, 0.25) is 0 Å². The van der Waals surface area contributed by atoms with Crippen molar-refractivity contribution in [3.05, 3.63) is 35.9 Å². The molecule has 0 spiro atoms. The van der Waals surface area contributed by atoms with Crippen molar-refractivity contribution in [1.29, 1.82) is 0 Å². The maximum Gasteiger partial charge on any atom is 0.317 e. The van der Waals surface area contributed by atoms with E-state index in [4.69, 9.17) is 0 Å². The topological polar surface area (TPSA) is 38.8 Å². The number of benzene rings is 1. The molecule has 0 aromatic heterocycles. The maximum atomic E-state index is 12.2. The zero-order valence-electron chi connectivity index (χ0n) is 16.2. The van der Waals surface area contributed by atoms with Crippen LogP contribution in [0.5, 0.6) is 0 Å². The minimum absolute atomic E-state index is 0.129. The molecule has 1 aromatic rings. The van der Waals surface area contributed by atoms with Gasteiger partial charge in [0.15, 0.2) is 0 Å². The van der Waals surface area contributed by atoms with E-state index in [1.807, 2.05) is 4.90 Å². The van der Waals surface area contributed by atoms with Gasteiger partial charge in [0.25, 0.3) is 0 Å². The van der Waals surface area contributed by atoms with Crippen molar-refractivity contribution in [3.63, 3.8) is 0 Å². The predicted molar refractivity (Wildman–Crippen MR) is 106 cm³/mol. The normalized spacial score (nSPS) is 20.3. The van der Waals surface area contributed by atoms with E-state index in [1.165, 1.54) is 5.56 Å². The molecule has 2 fully saturated rings. The maximum absolute atomic E-state index is 12.2. The molecule has 2 amide bonds.